The second-order valence-electron chi connectivity index (χ2n) is 8.55. The zero-order valence-corrected chi connectivity index (χ0v) is 15.7. The van der Waals surface area contributed by atoms with Crippen LogP contribution in [0.1, 0.15) is 32.1 Å². The lowest BCUT2D eigenvalue weighted by Crippen LogP contribution is -2.73. The summed E-state index contributed by atoms with van der Waals surface area (Å²) in [6.45, 7) is 4.77. The highest BCUT2D eigenvalue weighted by Gasteiger charge is 2.52. The van der Waals surface area contributed by atoms with E-state index < -0.39 is 0 Å². The minimum Gasteiger partial charge on any atom is -0.381 e. The van der Waals surface area contributed by atoms with Crippen molar-refractivity contribution in [2.75, 3.05) is 53.0 Å². The summed E-state index contributed by atoms with van der Waals surface area (Å²) >= 11 is 0. The topological polar surface area (TPSA) is 71.1 Å². The van der Waals surface area contributed by atoms with Crippen molar-refractivity contribution in [3.63, 3.8) is 0 Å². The summed E-state index contributed by atoms with van der Waals surface area (Å²) in [5.74, 6) is 1.11. The molecule has 0 aromatic rings. The Bertz CT molecular complexity index is 539. The molecule has 0 bridgehead atoms. The monoisotopic (exact) mass is 365 g/mol. The first-order valence-electron chi connectivity index (χ1n) is 10.0. The predicted octanol–water partition coefficient (Wildman–Crippen LogP) is 0.241. The van der Waals surface area contributed by atoms with Gasteiger partial charge in [-0.3, -0.25) is 14.5 Å². The fourth-order valence-electron chi connectivity index (χ4n) is 4.49. The first-order valence-corrected chi connectivity index (χ1v) is 10.0. The van der Waals surface area contributed by atoms with Crippen LogP contribution in [0.5, 0.6) is 0 Å². The molecule has 1 N–H and O–H groups in total. The molecule has 146 valence electrons. The Kier molecular flexibility index (Phi) is 5.21. The maximum atomic E-state index is 12.5. The van der Waals surface area contributed by atoms with Crippen LogP contribution in [0.25, 0.3) is 0 Å². The number of hydrogen-bond donors (Lipinski definition) is 1. The second-order valence-corrected chi connectivity index (χ2v) is 8.55. The molecule has 3 saturated heterocycles. The lowest BCUT2D eigenvalue weighted by molar-refractivity contribution is -0.204. The number of morpholine rings is 1. The highest BCUT2D eigenvalue weighted by molar-refractivity contribution is 5.82. The van der Waals surface area contributed by atoms with Gasteiger partial charge in [-0.15, -0.1) is 0 Å². The van der Waals surface area contributed by atoms with Crippen molar-refractivity contribution in [1.29, 1.82) is 0 Å². The van der Waals surface area contributed by atoms with Crippen LogP contribution in [0.3, 0.4) is 0 Å². The molecule has 26 heavy (non-hydrogen) atoms. The molecule has 4 fully saturated rings. The van der Waals surface area contributed by atoms with Crippen LogP contribution in [-0.2, 0) is 19.1 Å². The van der Waals surface area contributed by atoms with Gasteiger partial charge in [0.1, 0.15) is 11.6 Å². The van der Waals surface area contributed by atoms with Crippen LogP contribution >= 0.6 is 0 Å². The first-order chi connectivity index (χ1) is 12.6. The molecule has 3 heterocycles. The van der Waals surface area contributed by atoms with Crippen molar-refractivity contribution in [2.45, 2.75) is 43.7 Å². The number of amides is 2. The number of nitrogens with zero attached hydrogens (tertiary/aromatic N) is 2. The van der Waals surface area contributed by atoms with E-state index in [0.717, 1.165) is 45.4 Å². The molecule has 0 aromatic heterocycles. The number of nitrogens with one attached hydrogen (secondary N) is 1. The normalized spacial score (nSPS) is 29.9. The van der Waals surface area contributed by atoms with Crippen LogP contribution in [-0.4, -0.2) is 86.3 Å². The quantitative estimate of drug-likeness (QED) is 0.773. The Morgan fingerprint density at radius 3 is 2.46 bits per heavy atom. The fraction of sp³-hybridized carbons (Fsp3) is 0.895. The van der Waals surface area contributed by atoms with Crippen LogP contribution in [0.2, 0.25) is 0 Å². The van der Waals surface area contributed by atoms with E-state index in [1.165, 1.54) is 6.42 Å². The summed E-state index contributed by atoms with van der Waals surface area (Å²) < 4.78 is 11.5. The largest absolute Gasteiger partial charge is 0.381 e. The van der Waals surface area contributed by atoms with Crippen molar-refractivity contribution in [1.82, 2.24) is 15.1 Å². The molecular formula is C19H31N3O4. The minimum absolute atomic E-state index is 0.0514. The van der Waals surface area contributed by atoms with Crippen molar-refractivity contribution >= 4 is 11.8 Å². The maximum absolute atomic E-state index is 12.5. The molecule has 7 heteroatoms. The Balaban J connectivity index is 1.22. The van der Waals surface area contributed by atoms with Gasteiger partial charge in [-0.25, -0.2) is 0 Å². The summed E-state index contributed by atoms with van der Waals surface area (Å²) in [7, 11) is 1.99. The molecule has 4 rings (SSSR count). The molecule has 2 amide bonds. The molecular weight excluding hydrogens is 334 g/mol. The van der Waals surface area contributed by atoms with Crippen LogP contribution < -0.4 is 5.32 Å². The Morgan fingerprint density at radius 2 is 1.85 bits per heavy atom. The van der Waals surface area contributed by atoms with Gasteiger partial charge in [0.15, 0.2) is 0 Å². The van der Waals surface area contributed by atoms with Gasteiger partial charge in [0.2, 0.25) is 11.8 Å². The number of carbonyl (C=O) groups is 2. The third-order valence-corrected chi connectivity index (χ3v) is 6.55. The predicted molar refractivity (Wildman–Crippen MR) is 95.6 cm³/mol. The van der Waals surface area contributed by atoms with Crippen molar-refractivity contribution in [3.05, 3.63) is 0 Å². The van der Waals surface area contributed by atoms with Crippen LogP contribution in [0.4, 0.5) is 0 Å². The number of carbonyl (C=O) groups excluding carboxylic acids is 2. The average molecular weight is 365 g/mol. The Labute approximate surface area is 155 Å². The molecule has 1 spiro atoms. The molecule has 0 unspecified atom stereocenters. The maximum Gasteiger partial charge on any atom is 0.239 e. The summed E-state index contributed by atoms with van der Waals surface area (Å²) in [4.78, 5) is 28.9. The fourth-order valence-corrected chi connectivity index (χ4v) is 4.49. The number of ether oxygens (including phenoxy) is 2. The zero-order valence-electron chi connectivity index (χ0n) is 15.7. The summed E-state index contributed by atoms with van der Waals surface area (Å²) in [6.07, 6.45) is 5.30. The number of rotatable bonds is 4. The summed E-state index contributed by atoms with van der Waals surface area (Å²) in [5, 5.41) is 3.09. The highest BCUT2D eigenvalue weighted by Crippen LogP contribution is 2.35. The zero-order chi connectivity index (χ0) is 18.1. The van der Waals surface area contributed by atoms with E-state index in [2.05, 4.69) is 10.2 Å². The van der Waals surface area contributed by atoms with Gasteiger partial charge in [0.25, 0.3) is 0 Å². The Morgan fingerprint density at radius 1 is 1.12 bits per heavy atom. The molecule has 1 aliphatic carbocycles. The average Bonchev–Trinajstić information content (AvgIpc) is 2.56. The van der Waals surface area contributed by atoms with Gasteiger partial charge in [-0.05, 0) is 38.6 Å². The van der Waals surface area contributed by atoms with E-state index in [9.17, 15) is 9.59 Å². The van der Waals surface area contributed by atoms with Crippen molar-refractivity contribution < 1.29 is 19.1 Å². The van der Waals surface area contributed by atoms with Gasteiger partial charge in [-0.2, -0.15) is 0 Å². The van der Waals surface area contributed by atoms with Crippen molar-refractivity contribution in [3.8, 4) is 0 Å². The van der Waals surface area contributed by atoms with E-state index >= 15 is 0 Å². The smallest absolute Gasteiger partial charge is 0.239 e. The van der Waals surface area contributed by atoms with Gasteiger partial charge >= 0.3 is 0 Å². The van der Waals surface area contributed by atoms with Crippen LogP contribution in [0, 0.1) is 11.8 Å². The van der Waals surface area contributed by atoms with E-state index in [4.69, 9.17) is 9.47 Å². The number of hydrogen-bond acceptors (Lipinski definition) is 5. The van der Waals surface area contributed by atoms with Gasteiger partial charge in [-0.1, -0.05) is 6.42 Å². The SMILES string of the molecule is CN1CC2(CN(C(=O)C3CCC3)C2)OC[C@@H]1C(=O)NCC1CCOCC1. The van der Waals surface area contributed by atoms with Crippen molar-refractivity contribution in [2.24, 2.45) is 11.8 Å². The molecule has 4 aliphatic rings. The Hall–Kier alpha value is -1.18. The van der Waals surface area contributed by atoms with E-state index in [1.54, 1.807) is 0 Å². The van der Waals surface area contributed by atoms with E-state index in [0.29, 0.717) is 38.1 Å². The minimum atomic E-state index is -0.272. The third kappa shape index (κ3) is 3.62. The molecule has 1 saturated carbocycles. The first kappa shape index (κ1) is 18.2. The molecule has 0 radical (unpaired) electrons. The van der Waals surface area contributed by atoms with E-state index in [-0.39, 0.29) is 23.5 Å². The molecule has 7 nitrogen and oxygen atoms in total. The molecule has 0 aromatic carbocycles. The highest BCUT2D eigenvalue weighted by atomic mass is 16.5. The molecule has 1 atom stereocenters. The standard InChI is InChI=1S/C19H31N3O4/c1-21-11-19(12-22(13-19)18(24)15-3-2-4-15)26-10-16(21)17(23)20-9-14-5-7-25-8-6-14/h14-16H,2-13H2,1H3,(H,20,23)/t16-/m1/s1. The van der Waals surface area contributed by atoms with E-state index in [1.807, 2.05) is 11.9 Å². The van der Waals surface area contributed by atoms with Gasteiger partial charge in [0, 0.05) is 32.2 Å². The van der Waals surface area contributed by atoms with Crippen LogP contribution in [0.15, 0.2) is 0 Å². The summed E-state index contributed by atoms with van der Waals surface area (Å²) in [5.41, 5.74) is -0.272. The number of likely N-dealkylation sites (tertiary alicyclic amines) is 1. The molecule has 3 aliphatic heterocycles. The second kappa shape index (κ2) is 7.44. The summed E-state index contributed by atoms with van der Waals surface area (Å²) in [6, 6.07) is -0.239. The number of likely N-dealkylation sites (N-methyl/N-ethyl adjacent to an activating group) is 1. The van der Waals surface area contributed by atoms with Gasteiger partial charge in [0.05, 0.1) is 19.7 Å². The third-order valence-electron chi connectivity index (χ3n) is 6.55. The van der Waals surface area contributed by atoms with Gasteiger partial charge < -0.3 is 19.7 Å². The lowest BCUT2D eigenvalue weighted by atomic mass is 9.81. The lowest BCUT2D eigenvalue weighted by Gasteiger charge is -2.55.